The number of amides is 1. The first-order chi connectivity index (χ1) is 11.0. The molecular formula is C15H21N3O5. The quantitative estimate of drug-likeness (QED) is 0.633. The molecule has 0 atom stereocenters. The number of morpholine rings is 1. The van der Waals surface area contributed by atoms with Gasteiger partial charge in [0, 0.05) is 24.8 Å². The number of hydrogen-bond acceptors (Lipinski definition) is 6. The van der Waals surface area contributed by atoms with Crippen molar-refractivity contribution in [2.75, 3.05) is 43.1 Å². The van der Waals surface area contributed by atoms with Crippen LogP contribution in [-0.2, 0) is 14.3 Å². The predicted octanol–water partition coefficient (Wildman–Crippen LogP) is 1.79. The summed E-state index contributed by atoms with van der Waals surface area (Å²) in [6.07, 6.45) is -0.0876. The fourth-order valence-corrected chi connectivity index (χ4v) is 2.23. The van der Waals surface area contributed by atoms with Crippen molar-refractivity contribution in [1.29, 1.82) is 0 Å². The Labute approximate surface area is 134 Å². The standard InChI is InChI=1S/C15H21N3O5/c1-11(2)23-10-15(19)16-13-9-12(3-4-14(13)18(20)21)17-5-7-22-8-6-17/h3-4,9,11H,5-8,10H2,1-2H3,(H,16,19). The van der Waals surface area contributed by atoms with Gasteiger partial charge in [0.1, 0.15) is 12.3 Å². The Morgan fingerprint density at radius 3 is 2.74 bits per heavy atom. The van der Waals surface area contributed by atoms with Gasteiger partial charge in [0.25, 0.3) is 11.6 Å². The number of nitrogens with one attached hydrogen (secondary N) is 1. The van der Waals surface area contributed by atoms with E-state index >= 15 is 0 Å². The number of carbonyl (C=O) groups excluding carboxylic acids is 1. The second kappa shape index (κ2) is 7.89. The molecule has 1 N–H and O–H groups in total. The number of nitrogens with zero attached hydrogens (tertiary/aromatic N) is 2. The molecule has 1 aromatic carbocycles. The van der Waals surface area contributed by atoms with Gasteiger partial charge in [-0.3, -0.25) is 14.9 Å². The average molecular weight is 323 g/mol. The minimum absolute atomic E-state index is 0.0876. The van der Waals surface area contributed by atoms with Gasteiger partial charge in [0.05, 0.1) is 24.2 Å². The van der Waals surface area contributed by atoms with Crippen LogP contribution in [-0.4, -0.2) is 49.8 Å². The van der Waals surface area contributed by atoms with Crippen molar-refractivity contribution in [3.63, 3.8) is 0 Å². The number of nitro groups is 1. The van der Waals surface area contributed by atoms with Crippen LogP contribution in [0, 0.1) is 10.1 Å². The minimum Gasteiger partial charge on any atom is -0.378 e. The molecule has 8 heteroatoms. The first-order valence-corrected chi connectivity index (χ1v) is 7.50. The normalized spacial score (nSPS) is 14.8. The van der Waals surface area contributed by atoms with E-state index in [1.54, 1.807) is 12.1 Å². The zero-order valence-electron chi connectivity index (χ0n) is 13.3. The number of carbonyl (C=O) groups is 1. The van der Waals surface area contributed by atoms with E-state index in [2.05, 4.69) is 10.2 Å². The highest BCUT2D eigenvalue weighted by atomic mass is 16.6. The first-order valence-electron chi connectivity index (χ1n) is 7.50. The molecule has 23 heavy (non-hydrogen) atoms. The van der Waals surface area contributed by atoms with Crippen molar-refractivity contribution >= 4 is 23.0 Å². The second-order valence-corrected chi connectivity index (χ2v) is 5.47. The van der Waals surface area contributed by atoms with Crippen molar-refractivity contribution in [2.24, 2.45) is 0 Å². The summed E-state index contributed by atoms with van der Waals surface area (Å²) in [5.41, 5.74) is 0.857. The molecule has 126 valence electrons. The topological polar surface area (TPSA) is 93.9 Å². The van der Waals surface area contributed by atoms with Crippen LogP contribution >= 0.6 is 0 Å². The fourth-order valence-electron chi connectivity index (χ4n) is 2.23. The highest BCUT2D eigenvalue weighted by Crippen LogP contribution is 2.30. The molecule has 0 unspecified atom stereocenters. The molecule has 2 rings (SSSR count). The third-order valence-corrected chi connectivity index (χ3v) is 3.37. The molecule has 1 aromatic rings. The highest BCUT2D eigenvalue weighted by Gasteiger charge is 2.19. The van der Waals surface area contributed by atoms with Gasteiger partial charge in [-0.05, 0) is 26.0 Å². The molecular weight excluding hydrogens is 302 g/mol. The van der Waals surface area contributed by atoms with E-state index in [0.717, 1.165) is 5.69 Å². The maximum atomic E-state index is 11.9. The lowest BCUT2D eigenvalue weighted by Crippen LogP contribution is -2.36. The molecule has 1 saturated heterocycles. The van der Waals surface area contributed by atoms with Crippen LogP contribution in [0.4, 0.5) is 17.1 Å². The van der Waals surface area contributed by atoms with E-state index in [0.29, 0.717) is 26.3 Å². The Morgan fingerprint density at radius 2 is 2.13 bits per heavy atom. The van der Waals surface area contributed by atoms with Gasteiger partial charge in [-0.1, -0.05) is 0 Å². The molecule has 0 aliphatic carbocycles. The van der Waals surface area contributed by atoms with Gasteiger partial charge < -0.3 is 19.7 Å². The number of ether oxygens (including phenoxy) is 2. The number of benzene rings is 1. The summed E-state index contributed by atoms with van der Waals surface area (Å²) in [5.74, 6) is -0.416. The maximum absolute atomic E-state index is 11.9. The van der Waals surface area contributed by atoms with E-state index in [1.165, 1.54) is 6.07 Å². The largest absolute Gasteiger partial charge is 0.378 e. The predicted molar refractivity (Wildman–Crippen MR) is 85.8 cm³/mol. The van der Waals surface area contributed by atoms with E-state index < -0.39 is 10.8 Å². The molecule has 0 spiro atoms. The molecule has 1 amide bonds. The summed E-state index contributed by atoms with van der Waals surface area (Å²) >= 11 is 0. The Hall–Kier alpha value is -2.19. The van der Waals surface area contributed by atoms with Gasteiger partial charge in [0.15, 0.2) is 0 Å². The lowest BCUT2D eigenvalue weighted by atomic mass is 10.2. The molecule has 0 saturated carbocycles. The number of rotatable bonds is 6. The van der Waals surface area contributed by atoms with Gasteiger partial charge in [0.2, 0.25) is 0 Å². The van der Waals surface area contributed by atoms with Crippen LogP contribution in [0.3, 0.4) is 0 Å². The fraction of sp³-hybridized carbons (Fsp3) is 0.533. The molecule has 8 nitrogen and oxygen atoms in total. The van der Waals surface area contributed by atoms with Crippen LogP contribution in [0.5, 0.6) is 0 Å². The SMILES string of the molecule is CC(C)OCC(=O)Nc1cc(N2CCOCC2)ccc1[N+](=O)[O-]. The summed E-state index contributed by atoms with van der Waals surface area (Å²) < 4.78 is 10.5. The van der Waals surface area contributed by atoms with E-state index in [9.17, 15) is 14.9 Å². The zero-order chi connectivity index (χ0) is 16.8. The summed E-state index contributed by atoms with van der Waals surface area (Å²) in [4.78, 5) is 24.6. The number of nitro benzene ring substituents is 1. The Kier molecular flexibility index (Phi) is 5.89. The Balaban J connectivity index is 2.16. The third-order valence-electron chi connectivity index (χ3n) is 3.37. The second-order valence-electron chi connectivity index (χ2n) is 5.47. The van der Waals surface area contributed by atoms with Crippen LogP contribution in [0.25, 0.3) is 0 Å². The zero-order valence-corrected chi connectivity index (χ0v) is 13.3. The van der Waals surface area contributed by atoms with Gasteiger partial charge in [-0.2, -0.15) is 0 Å². The molecule has 0 aromatic heterocycles. The van der Waals surface area contributed by atoms with Crippen molar-refractivity contribution in [1.82, 2.24) is 0 Å². The smallest absolute Gasteiger partial charge is 0.292 e. The van der Waals surface area contributed by atoms with Crippen LogP contribution in [0.2, 0.25) is 0 Å². The van der Waals surface area contributed by atoms with Crippen molar-refractivity contribution in [2.45, 2.75) is 20.0 Å². The van der Waals surface area contributed by atoms with E-state index in [-0.39, 0.29) is 24.1 Å². The highest BCUT2D eigenvalue weighted by molar-refractivity contribution is 5.94. The van der Waals surface area contributed by atoms with Crippen molar-refractivity contribution in [3.05, 3.63) is 28.3 Å². The number of hydrogen-bond donors (Lipinski definition) is 1. The molecule has 1 heterocycles. The first kappa shape index (κ1) is 17.2. The summed E-state index contributed by atoms with van der Waals surface area (Å²) in [6, 6.07) is 4.71. The average Bonchev–Trinajstić information content (AvgIpc) is 2.53. The summed E-state index contributed by atoms with van der Waals surface area (Å²) in [6.45, 7) is 6.13. The van der Waals surface area contributed by atoms with Gasteiger partial charge >= 0.3 is 0 Å². The molecule has 1 fully saturated rings. The lowest BCUT2D eigenvalue weighted by Gasteiger charge is -2.29. The molecule has 1 aliphatic rings. The Morgan fingerprint density at radius 1 is 1.43 bits per heavy atom. The minimum atomic E-state index is -0.512. The van der Waals surface area contributed by atoms with Crippen LogP contribution in [0.15, 0.2) is 18.2 Å². The van der Waals surface area contributed by atoms with E-state index in [1.807, 2.05) is 13.8 Å². The molecule has 1 aliphatic heterocycles. The molecule has 0 radical (unpaired) electrons. The Bertz CT molecular complexity index is 570. The van der Waals surface area contributed by atoms with Crippen LogP contribution in [0.1, 0.15) is 13.8 Å². The lowest BCUT2D eigenvalue weighted by molar-refractivity contribution is -0.383. The third kappa shape index (κ3) is 4.90. The van der Waals surface area contributed by atoms with Gasteiger partial charge in [-0.25, -0.2) is 0 Å². The summed E-state index contributed by atoms with van der Waals surface area (Å²) in [7, 11) is 0. The van der Waals surface area contributed by atoms with Gasteiger partial charge in [-0.15, -0.1) is 0 Å². The number of anilines is 2. The van der Waals surface area contributed by atoms with E-state index in [4.69, 9.17) is 9.47 Å². The molecule has 0 bridgehead atoms. The monoisotopic (exact) mass is 323 g/mol. The van der Waals surface area contributed by atoms with Crippen LogP contribution < -0.4 is 10.2 Å². The maximum Gasteiger partial charge on any atom is 0.292 e. The van der Waals surface area contributed by atoms with Crippen molar-refractivity contribution in [3.8, 4) is 0 Å². The summed E-state index contributed by atoms with van der Waals surface area (Å²) in [5, 5.41) is 13.7. The van der Waals surface area contributed by atoms with Crippen molar-refractivity contribution < 1.29 is 19.2 Å².